The lowest BCUT2D eigenvalue weighted by Crippen LogP contribution is -2.30. The van der Waals surface area contributed by atoms with E-state index in [9.17, 15) is 13.2 Å². The van der Waals surface area contributed by atoms with Gasteiger partial charge in [-0.3, -0.25) is 9.10 Å². The highest BCUT2D eigenvalue weighted by molar-refractivity contribution is 7.88. The van der Waals surface area contributed by atoms with Gasteiger partial charge in [0, 0.05) is 18.3 Å². The SMILES string of the molecule is COc1ccc(Cl)cc1NC(=O)C1=CN(C)S(=O)(=O)N=C1C. The fraction of sp³-hybridized carbons (Fsp3) is 0.231. The Balaban J connectivity index is 2.31. The molecule has 0 radical (unpaired) electrons. The van der Waals surface area contributed by atoms with Gasteiger partial charge in [0.25, 0.3) is 5.91 Å². The number of amides is 1. The summed E-state index contributed by atoms with van der Waals surface area (Å²) in [5.41, 5.74) is 0.626. The van der Waals surface area contributed by atoms with Crippen molar-refractivity contribution in [3.05, 3.63) is 35.0 Å². The Morgan fingerprint density at radius 2 is 2.09 bits per heavy atom. The van der Waals surface area contributed by atoms with Crippen LogP contribution in [0.15, 0.2) is 34.4 Å². The number of methoxy groups -OCH3 is 1. The van der Waals surface area contributed by atoms with E-state index in [0.717, 1.165) is 4.31 Å². The first-order chi connectivity index (χ1) is 10.2. The molecule has 0 saturated carbocycles. The molecule has 0 aliphatic carbocycles. The van der Waals surface area contributed by atoms with Gasteiger partial charge in [0.15, 0.2) is 0 Å². The normalized spacial score (nSPS) is 16.6. The average molecular weight is 344 g/mol. The lowest BCUT2D eigenvalue weighted by atomic mass is 10.1. The summed E-state index contributed by atoms with van der Waals surface area (Å²) in [5.74, 6) is -0.0757. The van der Waals surface area contributed by atoms with Crippen molar-refractivity contribution in [3.63, 3.8) is 0 Å². The first-order valence-electron chi connectivity index (χ1n) is 6.16. The van der Waals surface area contributed by atoms with E-state index >= 15 is 0 Å². The summed E-state index contributed by atoms with van der Waals surface area (Å²) in [6, 6.07) is 4.78. The topological polar surface area (TPSA) is 88.1 Å². The predicted molar refractivity (Wildman–Crippen MR) is 84.5 cm³/mol. The third-order valence-corrected chi connectivity index (χ3v) is 4.54. The van der Waals surface area contributed by atoms with Crippen molar-refractivity contribution in [2.75, 3.05) is 19.5 Å². The van der Waals surface area contributed by atoms with Crippen LogP contribution in [0.2, 0.25) is 5.02 Å². The van der Waals surface area contributed by atoms with Crippen molar-refractivity contribution >= 4 is 39.1 Å². The molecule has 118 valence electrons. The average Bonchev–Trinajstić information content (AvgIpc) is 2.42. The minimum Gasteiger partial charge on any atom is -0.495 e. The van der Waals surface area contributed by atoms with Gasteiger partial charge in [-0.05, 0) is 25.1 Å². The number of hydrogen-bond acceptors (Lipinski definition) is 4. The zero-order valence-electron chi connectivity index (χ0n) is 12.1. The first kappa shape index (κ1) is 16.3. The second-order valence-corrected chi connectivity index (χ2v) is 6.60. The monoisotopic (exact) mass is 343 g/mol. The molecule has 0 unspecified atom stereocenters. The van der Waals surface area contributed by atoms with Gasteiger partial charge in [0.2, 0.25) is 0 Å². The van der Waals surface area contributed by atoms with E-state index in [1.165, 1.54) is 33.3 Å². The van der Waals surface area contributed by atoms with Crippen LogP contribution in [-0.2, 0) is 15.0 Å². The van der Waals surface area contributed by atoms with E-state index in [0.29, 0.717) is 16.5 Å². The smallest absolute Gasteiger partial charge is 0.344 e. The van der Waals surface area contributed by atoms with Crippen LogP contribution in [0.1, 0.15) is 6.92 Å². The molecule has 1 aromatic rings. The Morgan fingerprint density at radius 1 is 1.41 bits per heavy atom. The highest BCUT2D eigenvalue weighted by Gasteiger charge is 2.25. The molecule has 0 atom stereocenters. The van der Waals surface area contributed by atoms with Crippen LogP contribution in [0.3, 0.4) is 0 Å². The van der Waals surface area contributed by atoms with Crippen molar-refractivity contribution < 1.29 is 17.9 Å². The van der Waals surface area contributed by atoms with Gasteiger partial charge in [-0.25, -0.2) is 0 Å². The second-order valence-electron chi connectivity index (χ2n) is 4.51. The Kier molecular flexibility index (Phi) is 4.43. The number of nitrogens with one attached hydrogen (secondary N) is 1. The van der Waals surface area contributed by atoms with Gasteiger partial charge in [0.1, 0.15) is 5.75 Å². The summed E-state index contributed by atoms with van der Waals surface area (Å²) < 4.78 is 32.7. The van der Waals surface area contributed by atoms with Gasteiger partial charge < -0.3 is 10.1 Å². The molecule has 1 aliphatic heterocycles. The van der Waals surface area contributed by atoms with Crippen LogP contribution < -0.4 is 10.1 Å². The molecule has 0 bridgehead atoms. The molecule has 22 heavy (non-hydrogen) atoms. The van der Waals surface area contributed by atoms with Crippen LogP contribution in [0.25, 0.3) is 0 Å². The molecule has 0 aromatic heterocycles. The molecule has 1 aliphatic rings. The fourth-order valence-corrected chi connectivity index (χ4v) is 2.80. The summed E-state index contributed by atoms with van der Waals surface area (Å²) in [4.78, 5) is 12.3. The van der Waals surface area contributed by atoms with Gasteiger partial charge >= 0.3 is 10.2 Å². The van der Waals surface area contributed by atoms with E-state index in [4.69, 9.17) is 16.3 Å². The van der Waals surface area contributed by atoms with E-state index in [2.05, 4.69) is 9.71 Å². The lowest BCUT2D eigenvalue weighted by molar-refractivity contribution is -0.112. The Hall–Kier alpha value is -2.06. The van der Waals surface area contributed by atoms with Crippen LogP contribution in [-0.4, -0.2) is 38.5 Å². The van der Waals surface area contributed by atoms with E-state index < -0.39 is 16.1 Å². The Bertz CT molecular complexity index is 786. The number of benzene rings is 1. The number of ether oxygens (including phenoxy) is 1. The number of nitrogens with zero attached hydrogens (tertiary/aromatic N) is 2. The van der Waals surface area contributed by atoms with Crippen molar-refractivity contribution in [1.29, 1.82) is 0 Å². The minimum absolute atomic E-state index is 0.108. The number of carbonyl (C=O) groups excluding carboxylic acids is 1. The molecule has 0 fully saturated rings. The molecular weight excluding hydrogens is 330 g/mol. The zero-order chi connectivity index (χ0) is 16.5. The molecule has 1 amide bonds. The van der Waals surface area contributed by atoms with Crippen LogP contribution in [0.5, 0.6) is 5.75 Å². The second kappa shape index (κ2) is 5.98. The molecule has 1 N–H and O–H groups in total. The molecule has 7 nitrogen and oxygen atoms in total. The van der Waals surface area contributed by atoms with Crippen LogP contribution in [0, 0.1) is 0 Å². The highest BCUT2D eigenvalue weighted by Crippen LogP contribution is 2.28. The third kappa shape index (κ3) is 3.23. The maximum absolute atomic E-state index is 12.3. The standard InChI is InChI=1S/C13H14ClN3O4S/c1-8-10(7-17(2)22(19,20)16-8)13(18)15-11-6-9(14)4-5-12(11)21-3/h4-7H,1-3H3,(H,15,18). The van der Waals surface area contributed by atoms with Gasteiger partial charge in [-0.2, -0.15) is 8.42 Å². The molecule has 0 saturated heterocycles. The summed E-state index contributed by atoms with van der Waals surface area (Å²) in [5, 5.41) is 3.06. The maximum atomic E-state index is 12.3. The Labute approximate surface area is 133 Å². The number of anilines is 1. The number of carbonyl (C=O) groups is 1. The summed E-state index contributed by atoms with van der Waals surface area (Å²) in [6.07, 6.45) is 1.21. The van der Waals surface area contributed by atoms with E-state index in [1.54, 1.807) is 12.1 Å². The van der Waals surface area contributed by atoms with E-state index in [1.807, 2.05) is 0 Å². The van der Waals surface area contributed by atoms with Gasteiger partial charge in [-0.1, -0.05) is 11.6 Å². The highest BCUT2D eigenvalue weighted by atomic mass is 35.5. The van der Waals surface area contributed by atoms with Gasteiger partial charge in [-0.15, -0.1) is 4.40 Å². The fourth-order valence-electron chi connectivity index (χ4n) is 1.82. The molecule has 0 spiro atoms. The number of rotatable bonds is 3. The molecule has 1 aromatic carbocycles. The molecule has 9 heteroatoms. The number of halogens is 1. The van der Waals surface area contributed by atoms with Crippen LogP contribution >= 0.6 is 11.6 Å². The van der Waals surface area contributed by atoms with Crippen LogP contribution in [0.4, 0.5) is 5.69 Å². The van der Waals surface area contributed by atoms with Crippen molar-refractivity contribution in [3.8, 4) is 5.75 Å². The zero-order valence-corrected chi connectivity index (χ0v) is 13.7. The maximum Gasteiger partial charge on any atom is 0.344 e. The minimum atomic E-state index is -3.75. The van der Waals surface area contributed by atoms with Gasteiger partial charge in [0.05, 0.1) is 24.1 Å². The summed E-state index contributed by atoms with van der Waals surface area (Å²) in [6.45, 7) is 1.45. The summed E-state index contributed by atoms with van der Waals surface area (Å²) in [7, 11) is -0.982. The van der Waals surface area contributed by atoms with Crippen molar-refractivity contribution in [2.45, 2.75) is 6.92 Å². The summed E-state index contributed by atoms with van der Waals surface area (Å²) >= 11 is 5.90. The Morgan fingerprint density at radius 3 is 2.73 bits per heavy atom. The number of hydrogen-bond donors (Lipinski definition) is 1. The molecule has 2 rings (SSSR count). The van der Waals surface area contributed by atoms with Crippen molar-refractivity contribution in [1.82, 2.24) is 4.31 Å². The van der Waals surface area contributed by atoms with E-state index in [-0.39, 0.29) is 11.3 Å². The third-order valence-electron chi connectivity index (χ3n) is 2.97. The van der Waals surface area contributed by atoms with Crippen molar-refractivity contribution in [2.24, 2.45) is 4.40 Å². The quantitative estimate of drug-likeness (QED) is 0.906. The molecule has 1 heterocycles. The largest absolute Gasteiger partial charge is 0.495 e. The molecular formula is C13H14ClN3O4S. The first-order valence-corrected chi connectivity index (χ1v) is 7.93. The lowest BCUT2D eigenvalue weighted by Gasteiger charge is -2.20. The predicted octanol–water partition coefficient (Wildman–Crippen LogP) is 1.82.